The highest BCUT2D eigenvalue weighted by molar-refractivity contribution is 8.00. The summed E-state index contributed by atoms with van der Waals surface area (Å²) in [6.07, 6.45) is 0. The van der Waals surface area contributed by atoms with Crippen molar-refractivity contribution < 1.29 is 22.1 Å². The molecule has 1 heterocycles. The zero-order chi connectivity index (χ0) is 16.4. The van der Waals surface area contributed by atoms with Gasteiger partial charge in [-0.15, -0.1) is 0 Å². The van der Waals surface area contributed by atoms with E-state index in [-0.39, 0.29) is 16.7 Å². The molecule has 0 aliphatic heterocycles. The molecule has 0 amide bonds. The fourth-order valence-corrected chi connectivity index (χ4v) is 2.57. The Bertz CT molecular complexity index is 814. The molecule has 2 aromatic carbocycles. The van der Waals surface area contributed by atoms with E-state index < -0.39 is 11.3 Å². The highest BCUT2D eigenvalue weighted by atomic mass is 32.2. The summed E-state index contributed by atoms with van der Waals surface area (Å²) >= 11 is -0.161. The number of anilines is 1. The summed E-state index contributed by atoms with van der Waals surface area (Å²) in [4.78, 5) is 0.121. The molecular weight excluding hydrogens is 332 g/mol. The number of thioether (sulfide) groups is 1. The molecule has 3 rings (SSSR count). The average molecular weight is 342 g/mol. The summed E-state index contributed by atoms with van der Waals surface area (Å²) in [5.74, 6) is -0.0227. The molecule has 0 atom stereocenters. The smallest absolute Gasteiger partial charge is 0.363 e. The first-order chi connectivity index (χ1) is 10.9. The van der Waals surface area contributed by atoms with Crippen molar-refractivity contribution in [3.63, 3.8) is 0 Å². The van der Waals surface area contributed by atoms with Crippen LogP contribution in [0.3, 0.4) is 0 Å². The lowest BCUT2D eigenvalue weighted by Crippen LogP contribution is -2.01. The first kappa shape index (κ1) is 15.7. The van der Waals surface area contributed by atoms with Crippen molar-refractivity contribution >= 4 is 28.5 Å². The minimum Gasteiger partial charge on any atom is -0.363 e. The van der Waals surface area contributed by atoms with Crippen LogP contribution in [0.2, 0.25) is 0 Å². The Morgan fingerprint density at radius 2 is 1.83 bits per heavy atom. The summed E-state index contributed by atoms with van der Waals surface area (Å²) < 4.78 is 55.1. The Morgan fingerprint density at radius 3 is 2.52 bits per heavy atom. The molecule has 0 aliphatic rings. The summed E-state index contributed by atoms with van der Waals surface area (Å²) in [5.41, 5.74) is -3.08. The van der Waals surface area contributed by atoms with Gasteiger partial charge in [-0.05, 0) is 47.7 Å². The maximum absolute atomic E-state index is 13.2. The van der Waals surface area contributed by atoms with E-state index in [1.807, 2.05) is 0 Å². The minimum atomic E-state index is -4.30. The summed E-state index contributed by atoms with van der Waals surface area (Å²) in [6, 6.07) is 10.0. The molecule has 1 aromatic heterocycles. The van der Waals surface area contributed by atoms with Gasteiger partial charge in [0.2, 0.25) is 0 Å². The van der Waals surface area contributed by atoms with Crippen LogP contribution < -0.4 is 5.32 Å². The Labute approximate surface area is 132 Å². The van der Waals surface area contributed by atoms with Gasteiger partial charge in [-0.3, -0.25) is 0 Å². The summed E-state index contributed by atoms with van der Waals surface area (Å²) in [5, 5.41) is 7.30. The number of nitrogens with zero attached hydrogens (tertiary/aromatic N) is 1. The molecule has 0 spiro atoms. The zero-order valence-electron chi connectivity index (χ0n) is 11.5. The molecule has 0 unspecified atom stereocenters. The second-order valence-electron chi connectivity index (χ2n) is 4.72. The molecule has 0 bridgehead atoms. The molecule has 120 valence electrons. The van der Waals surface area contributed by atoms with Gasteiger partial charge in [-0.25, -0.2) is 4.39 Å². The molecular formula is C15H10F4N2OS. The van der Waals surface area contributed by atoms with E-state index in [9.17, 15) is 17.6 Å². The first-order valence-corrected chi connectivity index (χ1v) is 7.36. The van der Waals surface area contributed by atoms with E-state index in [1.54, 1.807) is 12.1 Å². The van der Waals surface area contributed by atoms with Crippen LogP contribution >= 0.6 is 11.8 Å². The number of nitrogens with one attached hydrogen (secondary N) is 1. The maximum Gasteiger partial charge on any atom is 0.446 e. The fourth-order valence-electron chi connectivity index (χ4n) is 2.03. The fraction of sp³-hybridized carbons (Fsp3) is 0.133. The molecule has 8 heteroatoms. The van der Waals surface area contributed by atoms with Gasteiger partial charge < -0.3 is 9.84 Å². The quantitative estimate of drug-likeness (QED) is 0.523. The molecule has 0 fully saturated rings. The monoisotopic (exact) mass is 342 g/mol. The van der Waals surface area contributed by atoms with Crippen molar-refractivity contribution in [2.75, 3.05) is 5.32 Å². The number of halogens is 4. The van der Waals surface area contributed by atoms with E-state index in [2.05, 4.69) is 10.5 Å². The predicted molar refractivity (Wildman–Crippen MR) is 79.6 cm³/mol. The Kier molecular flexibility index (Phi) is 4.16. The van der Waals surface area contributed by atoms with E-state index in [0.29, 0.717) is 23.3 Å². The van der Waals surface area contributed by atoms with Gasteiger partial charge >= 0.3 is 5.51 Å². The second-order valence-corrected chi connectivity index (χ2v) is 5.86. The Morgan fingerprint density at radius 1 is 1.09 bits per heavy atom. The van der Waals surface area contributed by atoms with E-state index >= 15 is 0 Å². The van der Waals surface area contributed by atoms with E-state index in [4.69, 9.17) is 4.52 Å². The van der Waals surface area contributed by atoms with Crippen molar-refractivity contribution in [3.05, 3.63) is 53.8 Å². The third kappa shape index (κ3) is 3.95. The topological polar surface area (TPSA) is 38.1 Å². The van der Waals surface area contributed by atoms with Crippen molar-refractivity contribution in [1.82, 2.24) is 5.16 Å². The average Bonchev–Trinajstić information content (AvgIpc) is 2.87. The second kappa shape index (κ2) is 6.11. The van der Waals surface area contributed by atoms with Crippen LogP contribution in [0.15, 0.2) is 51.9 Å². The largest absolute Gasteiger partial charge is 0.446 e. The molecule has 3 aromatic rings. The van der Waals surface area contributed by atoms with Gasteiger partial charge in [-0.2, -0.15) is 13.2 Å². The maximum atomic E-state index is 13.2. The third-order valence-corrected chi connectivity index (χ3v) is 3.79. The van der Waals surface area contributed by atoms with Crippen LogP contribution in [0.5, 0.6) is 0 Å². The first-order valence-electron chi connectivity index (χ1n) is 6.54. The Balaban J connectivity index is 1.69. The number of hydrogen-bond acceptors (Lipinski definition) is 4. The molecule has 0 aliphatic carbocycles. The molecule has 0 saturated carbocycles. The van der Waals surface area contributed by atoms with Gasteiger partial charge in [0.25, 0.3) is 0 Å². The minimum absolute atomic E-state index is 0.121. The number of benzene rings is 2. The number of rotatable bonds is 4. The number of hydrogen-bond donors (Lipinski definition) is 1. The van der Waals surface area contributed by atoms with Crippen LogP contribution in [0.1, 0.15) is 5.56 Å². The summed E-state index contributed by atoms with van der Waals surface area (Å²) in [6.45, 7) is 0.328. The van der Waals surface area contributed by atoms with E-state index in [0.717, 1.165) is 5.56 Å². The van der Waals surface area contributed by atoms with Crippen LogP contribution in [-0.4, -0.2) is 10.7 Å². The van der Waals surface area contributed by atoms with Crippen molar-refractivity contribution in [2.24, 2.45) is 0 Å². The van der Waals surface area contributed by atoms with Gasteiger partial charge in [-0.1, -0.05) is 17.3 Å². The zero-order valence-corrected chi connectivity index (χ0v) is 12.3. The highest BCUT2D eigenvalue weighted by Gasteiger charge is 2.28. The number of alkyl halides is 3. The highest BCUT2D eigenvalue weighted by Crippen LogP contribution is 2.36. The van der Waals surface area contributed by atoms with Crippen molar-refractivity contribution in [2.45, 2.75) is 16.9 Å². The Hall–Kier alpha value is -2.22. The molecule has 0 saturated heterocycles. The SMILES string of the molecule is Fc1ccc2onc(NCc3ccc(SC(F)(F)F)cc3)c2c1. The standard InChI is InChI=1S/C15H10F4N2OS/c16-10-3-6-13-12(7-10)14(21-22-13)20-8-9-1-4-11(5-2-9)23-15(17,18)19/h1-7H,8H2,(H,20,21). The molecule has 3 nitrogen and oxygen atoms in total. The number of fused-ring (bicyclic) bond motifs is 1. The predicted octanol–water partition coefficient (Wildman–Crippen LogP) is 5.19. The lowest BCUT2D eigenvalue weighted by Gasteiger charge is -2.07. The van der Waals surface area contributed by atoms with Crippen LogP contribution in [0.25, 0.3) is 11.0 Å². The molecule has 1 N–H and O–H groups in total. The van der Waals surface area contributed by atoms with Crippen molar-refractivity contribution in [1.29, 1.82) is 0 Å². The normalized spacial score (nSPS) is 11.8. The lowest BCUT2D eigenvalue weighted by atomic mass is 10.2. The number of aromatic nitrogens is 1. The van der Waals surface area contributed by atoms with Gasteiger partial charge in [0.15, 0.2) is 11.4 Å². The lowest BCUT2D eigenvalue weighted by molar-refractivity contribution is -0.0328. The van der Waals surface area contributed by atoms with Crippen LogP contribution in [0.4, 0.5) is 23.4 Å². The van der Waals surface area contributed by atoms with E-state index in [1.165, 1.54) is 30.3 Å². The van der Waals surface area contributed by atoms with Gasteiger partial charge in [0, 0.05) is 11.4 Å². The van der Waals surface area contributed by atoms with Crippen LogP contribution in [0, 0.1) is 5.82 Å². The third-order valence-electron chi connectivity index (χ3n) is 3.05. The molecule has 0 radical (unpaired) electrons. The van der Waals surface area contributed by atoms with Gasteiger partial charge in [0.1, 0.15) is 5.82 Å². The van der Waals surface area contributed by atoms with Crippen molar-refractivity contribution in [3.8, 4) is 0 Å². The summed E-state index contributed by atoms with van der Waals surface area (Å²) in [7, 11) is 0. The molecule has 23 heavy (non-hydrogen) atoms. The van der Waals surface area contributed by atoms with Crippen LogP contribution in [-0.2, 0) is 6.54 Å². The van der Waals surface area contributed by atoms with Gasteiger partial charge in [0.05, 0.1) is 5.39 Å².